The molecule has 0 saturated carbocycles. The zero-order valence-electron chi connectivity index (χ0n) is 17.6. The number of para-hydroxylation sites is 3. The third-order valence-corrected chi connectivity index (χ3v) is 5.78. The van der Waals surface area contributed by atoms with Crippen molar-refractivity contribution in [3.63, 3.8) is 0 Å². The highest BCUT2D eigenvalue weighted by atomic mass is 35.5. The van der Waals surface area contributed by atoms with Gasteiger partial charge in [-0.25, -0.2) is 4.98 Å². The maximum atomic E-state index is 6.40. The molecular formula is C27H27ClN2O. The number of imidazole rings is 1. The molecule has 4 aromatic rings. The van der Waals surface area contributed by atoms with E-state index < -0.39 is 0 Å². The number of rotatable bonds is 10. The van der Waals surface area contributed by atoms with E-state index in [1.807, 2.05) is 48.5 Å². The molecule has 4 rings (SSSR count). The molecule has 0 aliphatic rings. The number of benzene rings is 3. The Morgan fingerprint density at radius 3 is 2.48 bits per heavy atom. The third-order valence-electron chi connectivity index (χ3n) is 5.41. The van der Waals surface area contributed by atoms with E-state index in [0.717, 1.165) is 59.9 Å². The number of hydrogen-bond acceptors (Lipinski definition) is 2. The van der Waals surface area contributed by atoms with E-state index >= 15 is 0 Å². The molecule has 158 valence electrons. The van der Waals surface area contributed by atoms with Crippen molar-refractivity contribution < 1.29 is 4.74 Å². The van der Waals surface area contributed by atoms with Crippen LogP contribution in [0.2, 0.25) is 5.02 Å². The van der Waals surface area contributed by atoms with Crippen LogP contribution in [0.1, 0.15) is 29.8 Å². The fourth-order valence-electron chi connectivity index (χ4n) is 3.84. The van der Waals surface area contributed by atoms with Crippen LogP contribution in [0, 0.1) is 0 Å². The van der Waals surface area contributed by atoms with Crippen LogP contribution in [-0.4, -0.2) is 16.2 Å². The summed E-state index contributed by atoms with van der Waals surface area (Å²) in [5, 5.41) is 0.785. The summed E-state index contributed by atoms with van der Waals surface area (Å²) in [6.07, 6.45) is 5.44. The van der Waals surface area contributed by atoms with Gasteiger partial charge in [0.2, 0.25) is 0 Å². The molecule has 1 aromatic heterocycles. The summed E-state index contributed by atoms with van der Waals surface area (Å²) in [6, 6.07) is 24.5. The number of aryl methyl sites for hydroxylation is 1. The first-order chi connectivity index (χ1) is 15.3. The largest absolute Gasteiger partial charge is 0.493 e. The molecule has 3 aromatic carbocycles. The molecule has 1 heterocycles. The van der Waals surface area contributed by atoms with E-state index in [1.165, 1.54) is 11.1 Å². The van der Waals surface area contributed by atoms with Gasteiger partial charge < -0.3 is 9.30 Å². The molecule has 0 aliphatic heterocycles. The second-order valence-electron chi connectivity index (χ2n) is 7.59. The maximum Gasteiger partial charge on any atom is 0.122 e. The zero-order chi connectivity index (χ0) is 21.5. The summed E-state index contributed by atoms with van der Waals surface area (Å²) < 4.78 is 8.37. The Bertz CT molecular complexity index is 1160. The molecule has 0 radical (unpaired) electrons. The number of fused-ring (bicyclic) bond motifs is 1. The van der Waals surface area contributed by atoms with Crippen molar-refractivity contribution in [2.45, 2.75) is 32.2 Å². The highest BCUT2D eigenvalue weighted by Crippen LogP contribution is 2.23. The number of ether oxygens (including phenoxy) is 1. The van der Waals surface area contributed by atoms with E-state index in [-0.39, 0.29) is 0 Å². The van der Waals surface area contributed by atoms with Gasteiger partial charge in [0, 0.05) is 18.0 Å². The second-order valence-corrected chi connectivity index (χ2v) is 8.00. The molecule has 0 fully saturated rings. The molecule has 0 aliphatic carbocycles. The lowest BCUT2D eigenvalue weighted by atomic mass is 10.1. The second kappa shape index (κ2) is 10.3. The SMILES string of the molecule is C=CCc1ccccc1OCCCCn1c(Cc2ccccc2Cl)nc2ccccc21. The molecule has 0 N–H and O–H groups in total. The lowest BCUT2D eigenvalue weighted by molar-refractivity contribution is 0.301. The van der Waals surface area contributed by atoms with Gasteiger partial charge in [-0.15, -0.1) is 6.58 Å². The Kier molecular flexibility index (Phi) is 7.06. The number of hydrogen-bond donors (Lipinski definition) is 0. The maximum absolute atomic E-state index is 6.40. The molecule has 31 heavy (non-hydrogen) atoms. The first kappa shape index (κ1) is 21.2. The molecule has 0 atom stereocenters. The van der Waals surface area contributed by atoms with Crippen LogP contribution in [0.15, 0.2) is 85.5 Å². The van der Waals surface area contributed by atoms with Gasteiger partial charge in [0.15, 0.2) is 0 Å². The molecule has 4 heteroatoms. The van der Waals surface area contributed by atoms with Crippen molar-refractivity contribution in [2.75, 3.05) is 6.61 Å². The zero-order valence-corrected chi connectivity index (χ0v) is 18.4. The summed E-state index contributed by atoms with van der Waals surface area (Å²) in [5.74, 6) is 2.00. The highest BCUT2D eigenvalue weighted by molar-refractivity contribution is 6.31. The van der Waals surface area contributed by atoms with Gasteiger partial charge in [-0.2, -0.15) is 0 Å². The normalized spacial score (nSPS) is 11.0. The Labute approximate surface area is 189 Å². The minimum Gasteiger partial charge on any atom is -0.493 e. The molecule has 0 saturated heterocycles. The Morgan fingerprint density at radius 2 is 1.65 bits per heavy atom. The van der Waals surface area contributed by atoms with Gasteiger partial charge >= 0.3 is 0 Å². The van der Waals surface area contributed by atoms with Crippen molar-refractivity contribution >= 4 is 22.6 Å². The van der Waals surface area contributed by atoms with Gasteiger partial charge in [-0.1, -0.05) is 66.2 Å². The first-order valence-corrected chi connectivity index (χ1v) is 11.1. The lowest BCUT2D eigenvalue weighted by Gasteiger charge is -2.12. The predicted octanol–water partition coefficient (Wildman–Crippen LogP) is 6.87. The molecular weight excluding hydrogens is 404 g/mol. The average Bonchev–Trinajstić information content (AvgIpc) is 3.13. The molecule has 0 amide bonds. The Hall–Kier alpha value is -3.04. The molecule has 0 bridgehead atoms. The standard InChI is InChI=1S/C27H27ClN2O/c1-2-11-21-12-4-8-17-26(21)31-19-10-9-18-30-25-16-7-6-15-24(25)29-27(30)20-22-13-3-5-14-23(22)28/h2-8,12-17H,1,9-11,18-20H2. The summed E-state index contributed by atoms with van der Waals surface area (Å²) in [4.78, 5) is 4.89. The van der Waals surface area contributed by atoms with Gasteiger partial charge in [-0.3, -0.25) is 0 Å². The minimum absolute atomic E-state index is 0.695. The Morgan fingerprint density at radius 1 is 0.903 bits per heavy atom. The monoisotopic (exact) mass is 430 g/mol. The van der Waals surface area contributed by atoms with Crippen molar-refractivity contribution in [2.24, 2.45) is 0 Å². The fraction of sp³-hybridized carbons (Fsp3) is 0.222. The molecule has 0 unspecified atom stereocenters. The topological polar surface area (TPSA) is 27.1 Å². The highest BCUT2D eigenvalue weighted by Gasteiger charge is 2.12. The van der Waals surface area contributed by atoms with E-state index in [0.29, 0.717) is 6.61 Å². The van der Waals surface area contributed by atoms with Crippen LogP contribution in [0.3, 0.4) is 0 Å². The smallest absolute Gasteiger partial charge is 0.122 e. The van der Waals surface area contributed by atoms with Crippen molar-refractivity contribution in [3.05, 3.63) is 107 Å². The molecule has 0 spiro atoms. The lowest BCUT2D eigenvalue weighted by Crippen LogP contribution is -2.07. The number of halogens is 1. The van der Waals surface area contributed by atoms with Crippen LogP contribution in [0.5, 0.6) is 5.75 Å². The van der Waals surface area contributed by atoms with Crippen molar-refractivity contribution in [1.82, 2.24) is 9.55 Å². The van der Waals surface area contributed by atoms with Crippen LogP contribution in [0.4, 0.5) is 0 Å². The van der Waals surface area contributed by atoms with E-state index in [9.17, 15) is 0 Å². The third kappa shape index (κ3) is 5.18. The molecule has 3 nitrogen and oxygen atoms in total. The van der Waals surface area contributed by atoms with Crippen LogP contribution < -0.4 is 4.74 Å². The number of allylic oxidation sites excluding steroid dienone is 1. The number of unbranched alkanes of at least 4 members (excludes halogenated alkanes) is 1. The number of nitrogens with zero attached hydrogens (tertiary/aromatic N) is 2. The van der Waals surface area contributed by atoms with Gasteiger partial charge in [-0.05, 0) is 54.7 Å². The van der Waals surface area contributed by atoms with E-state index in [4.69, 9.17) is 21.3 Å². The number of aromatic nitrogens is 2. The minimum atomic E-state index is 0.695. The summed E-state index contributed by atoms with van der Waals surface area (Å²) in [7, 11) is 0. The Balaban J connectivity index is 1.42. The summed E-state index contributed by atoms with van der Waals surface area (Å²) in [6.45, 7) is 5.43. The quantitative estimate of drug-likeness (QED) is 0.203. The summed E-state index contributed by atoms with van der Waals surface area (Å²) in [5.41, 5.74) is 4.48. The van der Waals surface area contributed by atoms with Gasteiger partial charge in [0.25, 0.3) is 0 Å². The van der Waals surface area contributed by atoms with Crippen molar-refractivity contribution in [3.8, 4) is 5.75 Å². The van der Waals surface area contributed by atoms with Crippen molar-refractivity contribution in [1.29, 1.82) is 0 Å². The predicted molar refractivity (Wildman–Crippen MR) is 129 cm³/mol. The average molecular weight is 431 g/mol. The van der Waals surface area contributed by atoms with E-state index in [2.05, 4.69) is 41.5 Å². The van der Waals surface area contributed by atoms with Crippen LogP contribution in [-0.2, 0) is 19.4 Å². The first-order valence-electron chi connectivity index (χ1n) is 10.8. The van der Waals surface area contributed by atoms with Crippen LogP contribution >= 0.6 is 11.6 Å². The van der Waals surface area contributed by atoms with Gasteiger partial charge in [0.05, 0.1) is 17.6 Å². The van der Waals surface area contributed by atoms with E-state index in [1.54, 1.807) is 0 Å². The summed E-state index contributed by atoms with van der Waals surface area (Å²) >= 11 is 6.40. The van der Waals surface area contributed by atoms with Crippen LogP contribution in [0.25, 0.3) is 11.0 Å². The fourth-order valence-corrected chi connectivity index (χ4v) is 4.05. The van der Waals surface area contributed by atoms with Gasteiger partial charge in [0.1, 0.15) is 11.6 Å².